The van der Waals surface area contributed by atoms with Gasteiger partial charge in [-0.05, 0) is 48.4 Å². The first-order valence-electron chi connectivity index (χ1n) is 13.1. The molecular weight excluding hydrogens is 548 g/mol. The summed E-state index contributed by atoms with van der Waals surface area (Å²) in [7, 11) is 5.44. The van der Waals surface area contributed by atoms with Gasteiger partial charge in [0.2, 0.25) is 0 Å². The fourth-order valence-electron chi connectivity index (χ4n) is 5.20. The second-order valence-corrected chi connectivity index (χ2v) is 10.2. The summed E-state index contributed by atoms with van der Waals surface area (Å²) >= 11 is 0. The smallest absolute Gasteiger partial charge is 0.395 e. The number of nitrogens with one attached hydrogen (secondary N) is 1. The average Bonchev–Trinajstić information content (AvgIpc) is 3.28. The van der Waals surface area contributed by atoms with Crippen LogP contribution in [0.4, 0.5) is 31.7 Å². The summed E-state index contributed by atoms with van der Waals surface area (Å²) in [6, 6.07) is 15.1. The number of hydrogen-bond donors (Lipinski definition) is 2. The van der Waals surface area contributed by atoms with Gasteiger partial charge in [-0.1, -0.05) is 12.1 Å². The number of hydrogen-bond acceptors (Lipinski definition) is 8. The molecule has 0 unspecified atom stereocenters. The van der Waals surface area contributed by atoms with Gasteiger partial charge in [0.25, 0.3) is 11.5 Å². The summed E-state index contributed by atoms with van der Waals surface area (Å²) in [6.07, 6.45) is -1.60. The first-order valence-corrected chi connectivity index (χ1v) is 13.1. The van der Waals surface area contributed by atoms with Gasteiger partial charge >= 0.3 is 6.29 Å². The van der Waals surface area contributed by atoms with Crippen LogP contribution in [0, 0.1) is 0 Å². The molecule has 0 saturated carbocycles. The molecule has 0 aliphatic carbocycles. The number of anilines is 4. The highest BCUT2D eigenvalue weighted by atomic mass is 19.3. The number of fused-ring (bicyclic) bond motifs is 2. The molecule has 2 N–H and O–H groups in total. The minimum Gasteiger partial charge on any atom is -0.395 e. The van der Waals surface area contributed by atoms with Crippen molar-refractivity contribution in [2.24, 2.45) is 7.05 Å². The molecule has 0 fully saturated rings. The van der Waals surface area contributed by atoms with Crippen LogP contribution >= 0.6 is 0 Å². The van der Waals surface area contributed by atoms with E-state index in [9.17, 15) is 23.5 Å². The van der Waals surface area contributed by atoms with Crippen molar-refractivity contribution >= 4 is 28.8 Å². The van der Waals surface area contributed by atoms with Crippen LogP contribution in [0.2, 0.25) is 0 Å². The van der Waals surface area contributed by atoms with Crippen molar-refractivity contribution in [2.75, 3.05) is 35.8 Å². The molecular formula is C30H27F2N5O5. The molecule has 0 bridgehead atoms. The second-order valence-electron chi connectivity index (χ2n) is 10.2. The second kappa shape index (κ2) is 10.1. The van der Waals surface area contributed by atoms with Crippen molar-refractivity contribution in [1.82, 2.24) is 9.55 Å². The number of halogens is 2. The topological polar surface area (TPSA) is 109 Å². The van der Waals surface area contributed by atoms with Crippen LogP contribution in [-0.2, 0) is 20.1 Å². The maximum absolute atomic E-state index is 13.6. The molecule has 2 aliphatic rings. The molecule has 12 heteroatoms. The van der Waals surface area contributed by atoms with Gasteiger partial charge in [-0.3, -0.25) is 9.59 Å². The van der Waals surface area contributed by atoms with Gasteiger partial charge in [0.1, 0.15) is 0 Å². The predicted molar refractivity (Wildman–Crippen MR) is 153 cm³/mol. The summed E-state index contributed by atoms with van der Waals surface area (Å²) in [4.78, 5) is 34.7. The molecule has 1 aromatic heterocycles. The number of ether oxygens (including phenoxy) is 2. The first kappa shape index (κ1) is 27.2. The SMILES string of the molecule is CN(C)c1ccc2c(c1)CCN(c1cccc(-c3cn(C)c(=O)c(Nc4ccc5c(c4)OC(F)(F)O5)n3)c1CO)C2=O. The molecule has 10 nitrogen and oxygen atoms in total. The van der Waals surface area contributed by atoms with E-state index in [2.05, 4.69) is 19.8 Å². The first-order chi connectivity index (χ1) is 20.0. The predicted octanol–water partition coefficient (Wildman–Crippen LogP) is 4.27. The zero-order valence-electron chi connectivity index (χ0n) is 23.0. The van der Waals surface area contributed by atoms with Crippen LogP contribution < -0.4 is 30.1 Å². The third-order valence-electron chi connectivity index (χ3n) is 7.30. The maximum atomic E-state index is 13.6. The molecule has 216 valence electrons. The number of aliphatic hydroxyl groups is 1. The van der Waals surface area contributed by atoms with Crippen molar-refractivity contribution in [3.63, 3.8) is 0 Å². The van der Waals surface area contributed by atoms with Crippen molar-refractivity contribution < 1.29 is 28.2 Å². The third kappa shape index (κ3) is 4.79. The zero-order valence-corrected chi connectivity index (χ0v) is 23.0. The van der Waals surface area contributed by atoms with Crippen LogP contribution in [0.1, 0.15) is 21.5 Å². The number of aliphatic hydroxyl groups excluding tert-OH is 1. The lowest BCUT2D eigenvalue weighted by Gasteiger charge is -2.31. The summed E-state index contributed by atoms with van der Waals surface area (Å²) in [5.41, 5.74) is 4.30. The van der Waals surface area contributed by atoms with Crippen LogP contribution in [0.5, 0.6) is 11.5 Å². The summed E-state index contributed by atoms with van der Waals surface area (Å²) in [6.45, 7) is 0.0429. The number of amides is 1. The van der Waals surface area contributed by atoms with Gasteiger partial charge in [-0.25, -0.2) is 4.98 Å². The minimum atomic E-state index is -3.77. The summed E-state index contributed by atoms with van der Waals surface area (Å²) < 4.78 is 37.2. The largest absolute Gasteiger partial charge is 0.586 e. The number of rotatable bonds is 6. The van der Waals surface area contributed by atoms with Gasteiger partial charge in [0.05, 0.1) is 18.0 Å². The number of alkyl halides is 2. The Hall–Kier alpha value is -4.97. The monoisotopic (exact) mass is 575 g/mol. The number of carbonyl (C=O) groups excluding carboxylic acids is 1. The Morgan fingerprint density at radius 1 is 1.05 bits per heavy atom. The van der Waals surface area contributed by atoms with Gasteiger partial charge in [-0.15, -0.1) is 8.78 Å². The fraction of sp³-hybridized carbons (Fsp3) is 0.233. The van der Waals surface area contributed by atoms with Gasteiger partial charge < -0.3 is 34.3 Å². The Labute approximate surface area is 239 Å². The summed E-state index contributed by atoms with van der Waals surface area (Å²) in [5, 5.41) is 13.4. The Bertz CT molecular complexity index is 1790. The van der Waals surface area contributed by atoms with Crippen LogP contribution in [0.25, 0.3) is 11.3 Å². The Balaban J connectivity index is 1.35. The van der Waals surface area contributed by atoms with Crippen LogP contribution in [0.3, 0.4) is 0 Å². The Morgan fingerprint density at radius 2 is 1.83 bits per heavy atom. The molecule has 3 aromatic carbocycles. The quantitative estimate of drug-likeness (QED) is 0.351. The van der Waals surface area contributed by atoms with E-state index >= 15 is 0 Å². The molecule has 2 aliphatic heterocycles. The van der Waals surface area contributed by atoms with E-state index in [1.54, 1.807) is 30.1 Å². The van der Waals surface area contributed by atoms with Crippen molar-refractivity contribution in [3.05, 3.63) is 87.8 Å². The molecule has 0 atom stereocenters. The number of benzene rings is 3. The Kier molecular flexibility index (Phi) is 6.57. The Morgan fingerprint density at radius 3 is 2.60 bits per heavy atom. The number of carbonyl (C=O) groups is 1. The van der Waals surface area contributed by atoms with Gasteiger partial charge in [0, 0.05) is 68.0 Å². The molecule has 3 heterocycles. The highest BCUT2D eigenvalue weighted by molar-refractivity contribution is 6.09. The zero-order chi connectivity index (χ0) is 29.8. The number of nitrogens with zero attached hydrogens (tertiary/aromatic N) is 4. The summed E-state index contributed by atoms with van der Waals surface area (Å²) in [5.74, 6) is -0.552. The van der Waals surface area contributed by atoms with E-state index in [1.807, 2.05) is 37.2 Å². The van der Waals surface area contributed by atoms with E-state index < -0.39 is 11.9 Å². The van der Waals surface area contributed by atoms with E-state index in [1.165, 1.54) is 29.0 Å². The highest BCUT2D eigenvalue weighted by Gasteiger charge is 2.43. The number of aryl methyl sites for hydroxylation is 1. The normalized spacial score (nSPS) is 15.0. The van der Waals surface area contributed by atoms with E-state index in [0.717, 1.165) is 11.3 Å². The van der Waals surface area contributed by atoms with Crippen LogP contribution in [0.15, 0.2) is 65.6 Å². The standard InChI is InChI=1S/C30H27F2N5O5/c1-35(2)19-8-9-20-17(13-19)11-12-37(28(20)39)24-6-4-5-21(22(24)16-38)23-15-36(3)29(40)27(34-23)33-18-7-10-25-26(14-18)42-30(31,32)41-25/h4-10,13-15,38H,11-12,16H2,1-3H3,(H,33,34). The highest BCUT2D eigenvalue weighted by Crippen LogP contribution is 2.42. The number of aromatic nitrogens is 2. The molecule has 4 aromatic rings. The van der Waals surface area contributed by atoms with E-state index in [4.69, 9.17) is 0 Å². The van der Waals surface area contributed by atoms with Gasteiger partial charge in [0.15, 0.2) is 17.3 Å². The van der Waals surface area contributed by atoms with Crippen molar-refractivity contribution in [2.45, 2.75) is 19.3 Å². The van der Waals surface area contributed by atoms with Gasteiger partial charge in [-0.2, -0.15) is 0 Å². The fourth-order valence-corrected chi connectivity index (χ4v) is 5.20. The molecule has 42 heavy (non-hydrogen) atoms. The van der Waals surface area contributed by atoms with Crippen LogP contribution in [-0.4, -0.2) is 47.5 Å². The average molecular weight is 576 g/mol. The lowest BCUT2D eigenvalue weighted by Crippen LogP contribution is -2.38. The molecule has 6 rings (SSSR count). The molecule has 0 saturated heterocycles. The third-order valence-corrected chi connectivity index (χ3v) is 7.30. The molecule has 0 radical (unpaired) electrons. The maximum Gasteiger partial charge on any atom is 0.586 e. The minimum absolute atomic E-state index is 0.0745. The van der Waals surface area contributed by atoms with Crippen molar-refractivity contribution in [1.29, 1.82) is 0 Å². The molecule has 0 spiro atoms. The van der Waals surface area contributed by atoms with E-state index in [0.29, 0.717) is 41.0 Å². The van der Waals surface area contributed by atoms with Crippen molar-refractivity contribution in [3.8, 4) is 22.8 Å². The van der Waals surface area contributed by atoms with E-state index in [-0.39, 0.29) is 35.5 Å². The lowest BCUT2D eigenvalue weighted by atomic mass is 9.95. The lowest BCUT2D eigenvalue weighted by molar-refractivity contribution is -0.286. The molecule has 1 amide bonds.